The lowest BCUT2D eigenvalue weighted by atomic mass is 10.1. The van der Waals surface area contributed by atoms with Gasteiger partial charge in [-0.2, -0.15) is 0 Å². The minimum Gasteiger partial charge on any atom is -0.481 e. The fourth-order valence-corrected chi connectivity index (χ4v) is 4.30. The van der Waals surface area contributed by atoms with Crippen molar-refractivity contribution in [3.63, 3.8) is 0 Å². The molecule has 3 aromatic rings. The number of carbonyl (C=O) groups excluding carboxylic acids is 2. The fraction of sp³-hybridized carbons (Fsp3) is 0.300. The lowest BCUT2D eigenvalue weighted by molar-refractivity contribution is -0.126. The van der Waals surface area contributed by atoms with Crippen molar-refractivity contribution in [1.29, 1.82) is 0 Å². The summed E-state index contributed by atoms with van der Waals surface area (Å²) in [5.74, 6) is 0.0260. The van der Waals surface area contributed by atoms with Gasteiger partial charge >= 0.3 is 0 Å². The number of methoxy groups -OCH3 is 1. The van der Waals surface area contributed by atoms with Gasteiger partial charge in [0.05, 0.1) is 23.2 Å². The van der Waals surface area contributed by atoms with Gasteiger partial charge in [0.2, 0.25) is 17.7 Å². The largest absolute Gasteiger partial charge is 0.481 e. The van der Waals surface area contributed by atoms with Crippen molar-refractivity contribution in [2.24, 2.45) is 5.92 Å². The Kier molecular flexibility index (Phi) is 5.21. The van der Waals surface area contributed by atoms with Crippen LogP contribution >= 0.6 is 11.3 Å². The van der Waals surface area contributed by atoms with Crippen LogP contribution in [0.15, 0.2) is 42.6 Å². The van der Waals surface area contributed by atoms with Gasteiger partial charge < -0.3 is 10.1 Å². The zero-order valence-corrected chi connectivity index (χ0v) is 16.2. The first-order valence-electron chi connectivity index (χ1n) is 9.07. The molecule has 0 aliphatic carbocycles. The first kappa shape index (κ1) is 18.4. The van der Waals surface area contributed by atoms with Crippen LogP contribution in [0.3, 0.4) is 0 Å². The number of rotatable bonds is 6. The van der Waals surface area contributed by atoms with Crippen LogP contribution in [0.5, 0.6) is 5.88 Å². The van der Waals surface area contributed by atoms with Crippen LogP contribution in [-0.4, -0.2) is 42.0 Å². The number of anilines is 1. The summed E-state index contributed by atoms with van der Waals surface area (Å²) < 4.78 is 6.25. The summed E-state index contributed by atoms with van der Waals surface area (Å²) in [4.78, 5) is 35.3. The molecule has 0 radical (unpaired) electrons. The number of amides is 2. The molecule has 1 atom stereocenters. The number of aromatic nitrogens is 2. The zero-order valence-electron chi connectivity index (χ0n) is 15.4. The number of benzene rings is 1. The molecule has 7 nitrogen and oxygen atoms in total. The van der Waals surface area contributed by atoms with E-state index in [1.165, 1.54) is 11.3 Å². The summed E-state index contributed by atoms with van der Waals surface area (Å²) in [6.45, 7) is 0.827. The van der Waals surface area contributed by atoms with Gasteiger partial charge in [-0.15, -0.1) is 0 Å². The summed E-state index contributed by atoms with van der Waals surface area (Å²) >= 11 is 1.47. The number of nitrogens with one attached hydrogen (secondary N) is 1. The van der Waals surface area contributed by atoms with Crippen molar-refractivity contribution in [1.82, 2.24) is 15.3 Å². The third kappa shape index (κ3) is 3.68. The first-order chi connectivity index (χ1) is 13.7. The average molecular weight is 396 g/mol. The Morgan fingerprint density at radius 3 is 3.00 bits per heavy atom. The maximum atomic E-state index is 12.5. The molecule has 4 rings (SSSR count). The van der Waals surface area contributed by atoms with E-state index in [0.717, 1.165) is 15.8 Å². The van der Waals surface area contributed by atoms with Crippen molar-refractivity contribution in [2.45, 2.75) is 12.8 Å². The van der Waals surface area contributed by atoms with Gasteiger partial charge in [-0.1, -0.05) is 29.5 Å². The van der Waals surface area contributed by atoms with E-state index in [1.807, 2.05) is 36.4 Å². The summed E-state index contributed by atoms with van der Waals surface area (Å²) in [7, 11) is 1.57. The number of carbonyl (C=O) groups is 2. The predicted octanol–water partition coefficient (Wildman–Crippen LogP) is 2.41. The Balaban J connectivity index is 1.36. The highest BCUT2D eigenvalue weighted by atomic mass is 32.1. The third-order valence-electron chi connectivity index (χ3n) is 4.75. The molecule has 1 aliphatic heterocycles. The number of para-hydroxylation sites is 1. The molecule has 1 N–H and O–H groups in total. The molecule has 1 saturated heterocycles. The Morgan fingerprint density at radius 2 is 2.18 bits per heavy atom. The van der Waals surface area contributed by atoms with E-state index in [1.54, 1.807) is 18.2 Å². The number of hydrogen-bond donors (Lipinski definition) is 1. The van der Waals surface area contributed by atoms with Crippen molar-refractivity contribution in [3.8, 4) is 5.88 Å². The van der Waals surface area contributed by atoms with E-state index in [4.69, 9.17) is 4.74 Å². The van der Waals surface area contributed by atoms with Gasteiger partial charge in [-0.05, 0) is 24.6 Å². The number of nitrogens with zero attached hydrogens (tertiary/aromatic N) is 3. The molecular weight excluding hydrogens is 376 g/mol. The van der Waals surface area contributed by atoms with Gasteiger partial charge in [-0.3, -0.25) is 14.5 Å². The van der Waals surface area contributed by atoms with E-state index in [9.17, 15) is 9.59 Å². The molecule has 1 fully saturated rings. The summed E-state index contributed by atoms with van der Waals surface area (Å²) in [6, 6.07) is 11.5. The molecule has 2 amide bonds. The van der Waals surface area contributed by atoms with Crippen LogP contribution in [0, 0.1) is 5.92 Å². The first-order valence-corrected chi connectivity index (χ1v) is 9.89. The highest BCUT2D eigenvalue weighted by Gasteiger charge is 2.36. The normalized spacial score (nSPS) is 16.5. The molecule has 1 unspecified atom stereocenters. The monoisotopic (exact) mass is 396 g/mol. The second kappa shape index (κ2) is 7.93. The summed E-state index contributed by atoms with van der Waals surface area (Å²) in [5, 5.41) is 3.58. The highest BCUT2D eigenvalue weighted by molar-refractivity contribution is 7.22. The van der Waals surface area contributed by atoms with Crippen molar-refractivity contribution in [3.05, 3.63) is 48.2 Å². The molecule has 144 valence electrons. The van der Waals surface area contributed by atoms with E-state index >= 15 is 0 Å². The van der Waals surface area contributed by atoms with Gasteiger partial charge in [0.25, 0.3) is 0 Å². The van der Waals surface area contributed by atoms with Crippen LogP contribution < -0.4 is 15.0 Å². The number of fused-ring (bicyclic) bond motifs is 1. The van der Waals surface area contributed by atoms with Crippen LogP contribution in [0.4, 0.5) is 5.13 Å². The minimum absolute atomic E-state index is 0.0619. The van der Waals surface area contributed by atoms with E-state index in [2.05, 4.69) is 15.3 Å². The summed E-state index contributed by atoms with van der Waals surface area (Å²) in [5.41, 5.74) is 1.80. The van der Waals surface area contributed by atoms with Crippen molar-refractivity contribution >= 4 is 38.5 Å². The Labute approximate surface area is 166 Å². The topological polar surface area (TPSA) is 84.4 Å². The lowest BCUT2D eigenvalue weighted by Crippen LogP contribution is -2.34. The minimum atomic E-state index is -0.365. The van der Waals surface area contributed by atoms with Gasteiger partial charge in [0.1, 0.15) is 0 Å². The molecule has 28 heavy (non-hydrogen) atoms. The molecule has 8 heteroatoms. The number of pyridine rings is 1. The van der Waals surface area contributed by atoms with Crippen molar-refractivity contribution in [2.75, 3.05) is 25.1 Å². The highest BCUT2D eigenvalue weighted by Crippen LogP contribution is 2.32. The van der Waals surface area contributed by atoms with E-state index < -0.39 is 0 Å². The van der Waals surface area contributed by atoms with Crippen LogP contribution in [0.2, 0.25) is 0 Å². The number of thiazole rings is 1. The third-order valence-corrected chi connectivity index (χ3v) is 5.81. The molecular formula is C20H20N4O3S. The fourth-order valence-electron chi connectivity index (χ4n) is 3.31. The average Bonchev–Trinajstić information content (AvgIpc) is 3.31. The SMILES string of the molecule is COc1ncccc1CCNC(=O)C1CC(=O)N(c2nc3ccccc3s2)C1. The number of hydrogen-bond acceptors (Lipinski definition) is 6. The molecule has 2 aromatic heterocycles. The van der Waals surface area contributed by atoms with Crippen LogP contribution in [-0.2, 0) is 16.0 Å². The molecule has 3 heterocycles. The lowest BCUT2D eigenvalue weighted by Gasteiger charge is -2.13. The second-order valence-corrected chi connectivity index (χ2v) is 7.59. The summed E-state index contributed by atoms with van der Waals surface area (Å²) in [6.07, 6.45) is 2.49. The maximum Gasteiger partial charge on any atom is 0.229 e. The van der Waals surface area contributed by atoms with Crippen molar-refractivity contribution < 1.29 is 14.3 Å². The Hall–Kier alpha value is -3.00. The van der Waals surface area contributed by atoms with Crippen LogP contribution in [0.1, 0.15) is 12.0 Å². The molecule has 0 bridgehead atoms. The molecule has 1 aromatic carbocycles. The standard InChI is InChI=1S/C20H20N4O3S/c1-27-19-13(5-4-9-22-19)8-10-21-18(26)14-11-17(25)24(12-14)20-23-15-6-2-3-7-16(15)28-20/h2-7,9,14H,8,10-12H2,1H3,(H,21,26). The molecule has 0 spiro atoms. The quantitative estimate of drug-likeness (QED) is 0.692. The Bertz CT molecular complexity index is 986. The van der Waals surface area contributed by atoms with E-state index in [0.29, 0.717) is 30.5 Å². The predicted molar refractivity (Wildman–Crippen MR) is 108 cm³/mol. The van der Waals surface area contributed by atoms with E-state index in [-0.39, 0.29) is 24.2 Å². The van der Waals surface area contributed by atoms with Crippen LogP contribution in [0.25, 0.3) is 10.2 Å². The number of ether oxygens (including phenoxy) is 1. The zero-order chi connectivity index (χ0) is 19.5. The van der Waals surface area contributed by atoms with Gasteiger partial charge in [0.15, 0.2) is 5.13 Å². The second-order valence-electron chi connectivity index (χ2n) is 6.58. The van der Waals surface area contributed by atoms with Gasteiger partial charge in [0, 0.05) is 31.3 Å². The molecule has 1 aliphatic rings. The maximum absolute atomic E-state index is 12.5. The smallest absolute Gasteiger partial charge is 0.229 e. The Morgan fingerprint density at radius 1 is 1.32 bits per heavy atom. The molecule has 0 saturated carbocycles. The van der Waals surface area contributed by atoms with Gasteiger partial charge in [-0.25, -0.2) is 9.97 Å².